The summed E-state index contributed by atoms with van der Waals surface area (Å²) in [7, 11) is -8.75. The molecule has 0 saturated carbocycles. The van der Waals surface area contributed by atoms with Crippen molar-refractivity contribution in [3.63, 3.8) is 0 Å². The molecule has 0 fully saturated rings. The molecule has 0 amide bonds. The van der Waals surface area contributed by atoms with Crippen molar-refractivity contribution >= 4 is 54.6 Å². The van der Waals surface area contributed by atoms with Crippen molar-refractivity contribution in [3.8, 4) is 0 Å². The average molecular weight is 683 g/mol. The first-order valence-electron chi connectivity index (χ1n) is 11.8. The Morgan fingerprint density at radius 1 is 0.535 bits per heavy atom. The van der Waals surface area contributed by atoms with Gasteiger partial charge in [0.25, 0.3) is 20.0 Å². The number of anilines is 2. The number of hydrogen-bond acceptors (Lipinski definition) is 4. The number of rotatable bonds is 8. The molecular formula is C27H18Cl2F6N2O4S2. The van der Waals surface area contributed by atoms with Gasteiger partial charge in [0.05, 0.1) is 20.9 Å². The molecule has 0 aromatic heterocycles. The van der Waals surface area contributed by atoms with Crippen molar-refractivity contribution < 1.29 is 43.2 Å². The van der Waals surface area contributed by atoms with E-state index in [1.807, 2.05) is 9.44 Å². The normalized spacial score (nSPS) is 12.7. The standard InChI is InChI=1S/C27H18Cl2F6N2O4S2/c28-20-1-5-24(6-2-20)42(38,39)36-22-12-16(10-18(14-22)26(30,31)32)9-17-11-19(27(33,34)35)15-23(13-17)37-43(40,41)25-7-3-21(29)4-8-25/h1-8,10-15,36-37H,9H2. The summed E-state index contributed by atoms with van der Waals surface area (Å²) < 4.78 is 138. The molecule has 16 heteroatoms. The minimum Gasteiger partial charge on any atom is -0.280 e. The Labute approximate surface area is 252 Å². The molecular weight excluding hydrogens is 665 g/mol. The predicted octanol–water partition coefficient (Wildman–Crippen LogP) is 8.22. The van der Waals surface area contributed by atoms with Crippen molar-refractivity contribution in [2.24, 2.45) is 0 Å². The van der Waals surface area contributed by atoms with Crippen LogP contribution in [0.2, 0.25) is 10.0 Å². The Morgan fingerprint density at radius 3 is 1.16 bits per heavy atom. The van der Waals surface area contributed by atoms with E-state index in [4.69, 9.17) is 23.2 Å². The van der Waals surface area contributed by atoms with E-state index in [1.165, 1.54) is 24.3 Å². The van der Waals surface area contributed by atoms with Crippen LogP contribution in [0, 0.1) is 0 Å². The van der Waals surface area contributed by atoms with Crippen molar-refractivity contribution in [3.05, 3.63) is 117 Å². The monoisotopic (exact) mass is 682 g/mol. The number of hydrogen-bond donors (Lipinski definition) is 2. The lowest BCUT2D eigenvalue weighted by molar-refractivity contribution is -0.138. The lowest BCUT2D eigenvalue weighted by Crippen LogP contribution is -2.15. The van der Waals surface area contributed by atoms with Gasteiger partial charge in [0, 0.05) is 21.4 Å². The summed E-state index contributed by atoms with van der Waals surface area (Å²) in [5.41, 5.74) is -3.97. The largest absolute Gasteiger partial charge is 0.416 e. The third kappa shape index (κ3) is 8.34. The van der Waals surface area contributed by atoms with Crippen LogP contribution in [0.4, 0.5) is 37.7 Å². The van der Waals surface area contributed by atoms with Gasteiger partial charge in [0.15, 0.2) is 0 Å². The van der Waals surface area contributed by atoms with E-state index in [0.29, 0.717) is 24.3 Å². The first-order valence-corrected chi connectivity index (χ1v) is 15.5. The number of nitrogens with one attached hydrogen (secondary N) is 2. The molecule has 0 atom stereocenters. The van der Waals surface area contributed by atoms with E-state index in [2.05, 4.69) is 0 Å². The maximum absolute atomic E-state index is 13.7. The van der Waals surface area contributed by atoms with Gasteiger partial charge >= 0.3 is 12.4 Å². The number of halogens is 8. The van der Waals surface area contributed by atoms with Crippen LogP contribution in [0.25, 0.3) is 0 Å². The smallest absolute Gasteiger partial charge is 0.280 e. The van der Waals surface area contributed by atoms with Crippen LogP contribution >= 0.6 is 23.2 Å². The van der Waals surface area contributed by atoms with E-state index in [1.54, 1.807) is 0 Å². The SMILES string of the molecule is O=S(=O)(Nc1cc(Cc2cc(NS(=O)(=O)c3ccc(Cl)cc3)cc(C(F)(F)F)c2)cc(C(F)(F)F)c1)c1ccc(Cl)cc1. The summed E-state index contributed by atoms with van der Waals surface area (Å²) >= 11 is 11.5. The molecule has 0 spiro atoms. The van der Waals surface area contributed by atoms with Gasteiger partial charge in [-0.05, 0) is 102 Å². The lowest BCUT2D eigenvalue weighted by atomic mass is 9.99. The van der Waals surface area contributed by atoms with Crippen molar-refractivity contribution in [1.29, 1.82) is 0 Å². The fraction of sp³-hybridized carbons (Fsp3) is 0.111. The topological polar surface area (TPSA) is 92.3 Å². The molecule has 43 heavy (non-hydrogen) atoms. The molecule has 4 rings (SSSR count). The molecule has 2 N–H and O–H groups in total. The predicted molar refractivity (Wildman–Crippen MR) is 150 cm³/mol. The van der Waals surface area contributed by atoms with E-state index < -0.39 is 61.3 Å². The van der Waals surface area contributed by atoms with Crippen LogP contribution in [-0.2, 0) is 38.8 Å². The van der Waals surface area contributed by atoms with Crippen LogP contribution in [0.5, 0.6) is 0 Å². The Bertz CT molecular complexity index is 1730. The second-order valence-electron chi connectivity index (χ2n) is 9.13. The number of alkyl halides is 6. The highest BCUT2D eigenvalue weighted by Crippen LogP contribution is 2.36. The zero-order valence-corrected chi connectivity index (χ0v) is 24.4. The van der Waals surface area contributed by atoms with Crippen molar-refractivity contribution in [2.45, 2.75) is 28.6 Å². The second-order valence-corrected chi connectivity index (χ2v) is 13.4. The van der Waals surface area contributed by atoms with Crippen LogP contribution in [-0.4, -0.2) is 16.8 Å². The van der Waals surface area contributed by atoms with Crippen LogP contribution in [0.3, 0.4) is 0 Å². The van der Waals surface area contributed by atoms with E-state index in [-0.39, 0.29) is 31.0 Å². The van der Waals surface area contributed by atoms with Gasteiger partial charge in [-0.15, -0.1) is 0 Å². The molecule has 228 valence electrons. The van der Waals surface area contributed by atoms with Gasteiger partial charge in [-0.25, -0.2) is 16.8 Å². The highest BCUT2D eigenvalue weighted by Gasteiger charge is 2.33. The molecule has 6 nitrogen and oxygen atoms in total. The molecule has 0 unspecified atom stereocenters. The highest BCUT2D eigenvalue weighted by molar-refractivity contribution is 7.93. The first kappa shape index (κ1) is 32.5. The summed E-state index contributed by atoms with van der Waals surface area (Å²) in [5, 5.41) is 0.437. The minimum absolute atomic E-state index is 0.213. The van der Waals surface area contributed by atoms with Crippen molar-refractivity contribution in [2.75, 3.05) is 9.44 Å². The third-order valence-corrected chi connectivity index (χ3v) is 9.10. The molecule has 0 saturated heterocycles. The zero-order valence-electron chi connectivity index (χ0n) is 21.3. The molecule has 0 bridgehead atoms. The lowest BCUT2D eigenvalue weighted by Gasteiger charge is -2.16. The minimum atomic E-state index is -4.94. The number of sulfonamides is 2. The quantitative estimate of drug-likeness (QED) is 0.183. The van der Waals surface area contributed by atoms with E-state index in [9.17, 15) is 43.2 Å². The Balaban J connectivity index is 1.73. The summed E-state index contributed by atoms with van der Waals surface area (Å²) in [6.07, 6.45) is -10.4. The summed E-state index contributed by atoms with van der Waals surface area (Å²) in [6.45, 7) is 0. The molecule has 0 aliphatic rings. The molecule has 4 aromatic carbocycles. The van der Waals surface area contributed by atoms with E-state index >= 15 is 0 Å². The molecule has 0 aliphatic heterocycles. The van der Waals surface area contributed by atoms with Crippen LogP contribution < -0.4 is 9.44 Å². The molecule has 0 radical (unpaired) electrons. The Kier molecular flexibility index (Phi) is 8.99. The first-order chi connectivity index (χ1) is 19.8. The fourth-order valence-corrected chi connectivity index (χ4v) is 6.26. The maximum atomic E-state index is 13.7. The van der Waals surface area contributed by atoms with Gasteiger partial charge in [0.2, 0.25) is 0 Å². The second kappa shape index (κ2) is 11.9. The fourth-order valence-electron chi connectivity index (χ4n) is 3.92. The highest BCUT2D eigenvalue weighted by atomic mass is 35.5. The zero-order chi connectivity index (χ0) is 31.8. The summed E-state index contributed by atoms with van der Waals surface area (Å²) in [4.78, 5) is -0.599. The van der Waals surface area contributed by atoms with Gasteiger partial charge in [-0.2, -0.15) is 26.3 Å². The molecule has 4 aromatic rings. The van der Waals surface area contributed by atoms with Gasteiger partial charge in [0.1, 0.15) is 0 Å². The van der Waals surface area contributed by atoms with Gasteiger partial charge in [-0.3, -0.25) is 9.44 Å². The van der Waals surface area contributed by atoms with Crippen LogP contribution in [0.15, 0.2) is 94.7 Å². The molecule has 0 heterocycles. The number of benzene rings is 4. The van der Waals surface area contributed by atoms with Crippen LogP contribution in [0.1, 0.15) is 22.3 Å². The van der Waals surface area contributed by atoms with E-state index in [0.717, 1.165) is 36.4 Å². The Hall–Kier alpha value is -3.46. The van der Waals surface area contributed by atoms with Crippen molar-refractivity contribution in [1.82, 2.24) is 0 Å². The maximum Gasteiger partial charge on any atom is 0.416 e. The van der Waals surface area contributed by atoms with Gasteiger partial charge in [-0.1, -0.05) is 23.2 Å². The average Bonchev–Trinajstić information content (AvgIpc) is 2.87. The summed E-state index contributed by atoms with van der Waals surface area (Å²) in [6, 6.07) is 14.0. The third-order valence-electron chi connectivity index (χ3n) is 5.80. The van der Waals surface area contributed by atoms with Gasteiger partial charge < -0.3 is 0 Å². The summed E-state index contributed by atoms with van der Waals surface area (Å²) in [5.74, 6) is 0. The Morgan fingerprint density at radius 2 is 0.860 bits per heavy atom. The molecule has 0 aliphatic carbocycles.